The second-order valence-electron chi connectivity index (χ2n) is 5.07. The van der Waals surface area contributed by atoms with Gasteiger partial charge < -0.3 is 4.74 Å². The summed E-state index contributed by atoms with van der Waals surface area (Å²) in [7, 11) is 1.69. The molecule has 2 atom stereocenters. The van der Waals surface area contributed by atoms with Gasteiger partial charge in [-0.1, -0.05) is 12.1 Å². The summed E-state index contributed by atoms with van der Waals surface area (Å²) in [5.41, 5.74) is 1.32. The molecule has 0 saturated carbocycles. The summed E-state index contributed by atoms with van der Waals surface area (Å²) in [5.74, 6) is 4.22. The van der Waals surface area contributed by atoms with Crippen LogP contribution in [0.4, 0.5) is 0 Å². The van der Waals surface area contributed by atoms with Crippen LogP contribution in [-0.2, 0) is 6.54 Å². The first-order valence-electron chi connectivity index (χ1n) is 6.56. The van der Waals surface area contributed by atoms with E-state index in [1.807, 2.05) is 12.1 Å². The molecule has 1 aliphatic rings. The monoisotopic (exact) mass is 243 g/mol. The third-order valence-corrected chi connectivity index (χ3v) is 3.79. The highest BCUT2D eigenvalue weighted by Crippen LogP contribution is 2.23. The number of piperidine rings is 1. The van der Waals surface area contributed by atoms with E-state index in [2.05, 4.69) is 29.9 Å². The minimum absolute atomic E-state index is 0.416. The molecule has 0 spiro atoms. The van der Waals surface area contributed by atoms with E-state index < -0.39 is 0 Å². The maximum atomic E-state index is 5.55. The summed E-state index contributed by atoms with van der Waals surface area (Å²) < 4.78 is 5.17. The molecular weight excluding hydrogens is 222 g/mol. The van der Waals surface area contributed by atoms with Crippen LogP contribution in [-0.4, -0.2) is 24.6 Å². The van der Waals surface area contributed by atoms with Gasteiger partial charge in [0.1, 0.15) is 5.75 Å². The van der Waals surface area contributed by atoms with E-state index in [4.69, 9.17) is 11.2 Å². The van der Waals surface area contributed by atoms with Gasteiger partial charge in [-0.25, -0.2) is 0 Å². The van der Waals surface area contributed by atoms with Crippen molar-refractivity contribution >= 4 is 0 Å². The van der Waals surface area contributed by atoms with E-state index in [1.54, 1.807) is 7.11 Å². The van der Waals surface area contributed by atoms with Gasteiger partial charge in [0.05, 0.1) is 7.11 Å². The Kier molecular flexibility index (Phi) is 4.28. The summed E-state index contributed by atoms with van der Waals surface area (Å²) in [6.07, 6.45) is 7.91. The molecule has 1 fully saturated rings. The maximum Gasteiger partial charge on any atom is 0.118 e. The predicted molar refractivity (Wildman–Crippen MR) is 74.4 cm³/mol. The van der Waals surface area contributed by atoms with Crippen molar-refractivity contribution in [3.05, 3.63) is 29.8 Å². The third kappa shape index (κ3) is 3.05. The zero-order valence-corrected chi connectivity index (χ0v) is 11.2. The van der Waals surface area contributed by atoms with Gasteiger partial charge in [-0.3, -0.25) is 4.90 Å². The van der Waals surface area contributed by atoms with Gasteiger partial charge in [-0.2, -0.15) is 0 Å². The smallest absolute Gasteiger partial charge is 0.118 e. The molecule has 2 heteroatoms. The number of rotatable bonds is 3. The van der Waals surface area contributed by atoms with Crippen molar-refractivity contribution in [2.75, 3.05) is 13.7 Å². The van der Waals surface area contributed by atoms with Crippen LogP contribution in [0.2, 0.25) is 0 Å². The van der Waals surface area contributed by atoms with Crippen LogP contribution in [0.15, 0.2) is 24.3 Å². The molecule has 0 unspecified atom stereocenters. The highest BCUT2D eigenvalue weighted by atomic mass is 16.5. The molecule has 1 saturated heterocycles. The summed E-state index contributed by atoms with van der Waals surface area (Å²) in [4.78, 5) is 2.48. The molecular formula is C16H21NO. The van der Waals surface area contributed by atoms with Crippen LogP contribution in [0, 0.1) is 18.3 Å². The minimum atomic E-state index is 0.416. The first kappa shape index (κ1) is 13.0. The lowest BCUT2D eigenvalue weighted by molar-refractivity contribution is 0.130. The van der Waals surface area contributed by atoms with Crippen LogP contribution in [0.25, 0.3) is 0 Å². The van der Waals surface area contributed by atoms with Crippen LogP contribution in [0.1, 0.15) is 25.3 Å². The molecule has 0 radical (unpaired) electrons. The lowest BCUT2D eigenvalue weighted by Gasteiger charge is -2.36. The molecule has 2 nitrogen and oxygen atoms in total. The van der Waals surface area contributed by atoms with Crippen molar-refractivity contribution < 1.29 is 4.74 Å². The Balaban J connectivity index is 2.00. The van der Waals surface area contributed by atoms with E-state index in [9.17, 15) is 0 Å². The first-order chi connectivity index (χ1) is 8.72. The summed E-state index contributed by atoms with van der Waals surface area (Å²) >= 11 is 0. The van der Waals surface area contributed by atoms with Gasteiger partial charge in [0.2, 0.25) is 0 Å². The molecule has 1 aromatic carbocycles. The number of methoxy groups -OCH3 is 1. The predicted octanol–water partition coefficient (Wildman–Crippen LogP) is 2.93. The Bertz CT molecular complexity index is 418. The highest BCUT2D eigenvalue weighted by molar-refractivity contribution is 5.27. The van der Waals surface area contributed by atoms with Gasteiger partial charge in [0, 0.05) is 25.0 Å². The Labute approximate surface area is 110 Å². The first-order valence-corrected chi connectivity index (χ1v) is 6.56. The van der Waals surface area contributed by atoms with E-state index in [1.165, 1.54) is 12.0 Å². The van der Waals surface area contributed by atoms with Gasteiger partial charge in [-0.05, 0) is 37.5 Å². The normalized spacial score (nSPS) is 24.5. The van der Waals surface area contributed by atoms with E-state index in [0.717, 1.165) is 25.3 Å². The van der Waals surface area contributed by atoms with Crippen molar-refractivity contribution in [1.29, 1.82) is 0 Å². The molecule has 0 aromatic heterocycles. The number of likely N-dealkylation sites (tertiary alicyclic amines) is 1. The molecule has 2 rings (SSSR count). The Morgan fingerprint density at radius 2 is 2.06 bits per heavy atom. The van der Waals surface area contributed by atoms with Gasteiger partial charge in [0.15, 0.2) is 0 Å². The van der Waals surface area contributed by atoms with E-state index in [-0.39, 0.29) is 0 Å². The summed E-state index contributed by atoms with van der Waals surface area (Å²) in [5, 5.41) is 0. The number of hydrogen-bond donors (Lipinski definition) is 0. The molecule has 1 heterocycles. The lowest BCUT2D eigenvalue weighted by atomic mass is 9.93. The van der Waals surface area contributed by atoms with Gasteiger partial charge >= 0.3 is 0 Å². The van der Waals surface area contributed by atoms with Crippen LogP contribution >= 0.6 is 0 Å². The zero-order chi connectivity index (χ0) is 13.0. The zero-order valence-electron chi connectivity index (χ0n) is 11.2. The number of hydrogen-bond acceptors (Lipinski definition) is 2. The fourth-order valence-electron chi connectivity index (χ4n) is 2.50. The Morgan fingerprint density at radius 1 is 1.33 bits per heavy atom. The molecule has 18 heavy (non-hydrogen) atoms. The number of benzene rings is 1. The number of ether oxygens (including phenoxy) is 1. The Morgan fingerprint density at radius 3 is 2.67 bits per heavy atom. The van der Waals surface area contributed by atoms with Crippen molar-refractivity contribution in [3.63, 3.8) is 0 Å². The average Bonchev–Trinajstić information content (AvgIpc) is 2.42. The van der Waals surface area contributed by atoms with Crippen LogP contribution in [0.3, 0.4) is 0 Å². The second kappa shape index (κ2) is 5.93. The SMILES string of the molecule is C#C[C@@H]1CC[C@@H](C)N(Cc2ccc(OC)cc2)C1. The standard InChI is InChI=1S/C16H21NO/c1-4-14-6-5-13(2)17(11-14)12-15-7-9-16(18-3)10-8-15/h1,7-10,13-14H,5-6,11-12H2,2-3H3/t13-,14-/m1/s1. The largest absolute Gasteiger partial charge is 0.497 e. The third-order valence-electron chi connectivity index (χ3n) is 3.79. The average molecular weight is 243 g/mol. The summed E-state index contributed by atoms with van der Waals surface area (Å²) in [6.45, 7) is 4.28. The fourth-order valence-corrected chi connectivity index (χ4v) is 2.50. The molecule has 0 amide bonds. The Hall–Kier alpha value is -1.46. The fraction of sp³-hybridized carbons (Fsp3) is 0.500. The topological polar surface area (TPSA) is 12.5 Å². The second-order valence-corrected chi connectivity index (χ2v) is 5.07. The van der Waals surface area contributed by atoms with E-state index >= 15 is 0 Å². The van der Waals surface area contributed by atoms with E-state index in [0.29, 0.717) is 12.0 Å². The number of terminal acetylenes is 1. The minimum Gasteiger partial charge on any atom is -0.497 e. The molecule has 0 N–H and O–H groups in total. The maximum absolute atomic E-state index is 5.55. The molecule has 1 aromatic rings. The van der Waals surface area contributed by atoms with Crippen molar-refractivity contribution in [2.24, 2.45) is 5.92 Å². The molecule has 0 bridgehead atoms. The quantitative estimate of drug-likeness (QED) is 0.757. The molecule has 0 aliphatic carbocycles. The molecule has 96 valence electrons. The van der Waals surface area contributed by atoms with Crippen molar-refractivity contribution in [2.45, 2.75) is 32.4 Å². The number of nitrogens with zero attached hydrogens (tertiary/aromatic N) is 1. The van der Waals surface area contributed by atoms with Gasteiger partial charge in [0.25, 0.3) is 0 Å². The van der Waals surface area contributed by atoms with Crippen LogP contribution in [0.5, 0.6) is 5.75 Å². The van der Waals surface area contributed by atoms with Crippen molar-refractivity contribution in [1.82, 2.24) is 4.90 Å². The van der Waals surface area contributed by atoms with Crippen molar-refractivity contribution in [3.8, 4) is 18.1 Å². The van der Waals surface area contributed by atoms with Gasteiger partial charge in [-0.15, -0.1) is 12.3 Å². The lowest BCUT2D eigenvalue weighted by Crippen LogP contribution is -2.40. The highest BCUT2D eigenvalue weighted by Gasteiger charge is 2.23. The van der Waals surface area contributed by atoms with Crippen LogP contribution < -0.4 is 4.74 Å². The summed E-state index contributed by atoms with van der Waals surface area (Å²) in [6, 6.07) is 8.91. The molecule has 1 aliphatic heterocycles.